The van der Waals surface area contributed by atoms with Crippen LogP contribution in [0.2, 0.25) is 0 Å². The molecule has 6 nitrogen and oxygen atoms in total. The molecule has 2 fully saturated rings. The summed E-state index contributed by atoms with van der Waals surface area (Å²) in [6.07, 6.45) is 6.37. The van der Waals surface area contributed by atoms with Crippen LogP contribution in [0.1, 0.15) is 47.5 Å². The van der Waals surface area contributed by atoms with E-state index in [1.54, 1.807) is 0 Å². The van der Waals surface area contributed by atoms with Crippen molar-refractivity contribution in [1.29, 1.82) is 0 Å². The highest BCUT2D eigenvalue weighted by Gasteiger charge is 2.66. The number of allylic oxidation sites excluding steroid dienone is 2. The first-order valence-electron chi connectivity index (χ1n) is 11.5. The van der Waals surface area contributed by atoms with Gasteiger partial charge in [0.05, 0.1) is 12.0 Å². The molecule has 1 aromatic carbocycles. The second-order valence-corrected chi connectivity index (χ2v) is 10.4. The zero-order chi connectivity index (χ0) is 22.2. The highest BCUT2D eigenvalue weighted by Crippen LogP contribution is 2.64. The molecule has 0 amide bonds. The molecule has 2 aromatic rings. The molecule has 7 atom stereocenters. The van der Waals surface area contributed by atoms with Crippen molar-refractivity contribution < 1.29 is 18.8 Å². The first-order chi connectivity index (χ1) is 15.4. The van der Waals surface area contributed by atoms with Crippen LogP contribution in [0, 0.1) is 35.0 Å². The number of ether oxygens (including phenoxy) is 1. The Morgan fingerprint density at radius 1 is 1.16 bits per heavy atom. The van der Waals surface area contributed by atoms with Gasteiger partial charge < -0.3 is 9.26 Å². The second kappa shape index (κ2) is 6.88. The molecule has 6 heteroatoms. The second-order valence-electron chi connectivity index (χ2n) is 10.4. The van der Waals surface area contributed by atoms with Crippen molar-refractivity contribution >= 4 is 11.6 Å². The summed E-state index contributed by atoms with van der Waals surface area (Å²) in [6.45, 7) is 2.38. The number of hydrogen-bond donors (Lipinski definition) is 0. The number of carbonyl (C=O) groups is 2. The topological polar surface area (TPSA) is 72.6 Å². The number of aromatic nitrogens is 1. The molecule has 0 spiro atoms. The fourth-order valence-corrected chi connectivity index (χ4v) is 7.26. The number of benzene rings is 1. The van der Waals surface area contributed by atoms with Crippen LogP contribution < -0.4 is 4.74 Å². The number of ketones is 2. The molecule has 1 aromatic heterocycles. The molecule has 0 N–H and O–H groups in total. The van der Waals surface area contributed by atoms with Crippen LogP contribution in [0.3, 0.4) is 0 Å². The summed E-state index contributed by atoms with van der Waals surface area (Å²) in [4.78, 5) is 29.8. The van der Waals surface area contributed by atoms with E-state index in [2.05, 4.69) is 29.1 Å². The summed E-state index contributed by atoms with van der Waals surface area (Å²) in [5.41, 5.74) is 0.805. The average Bonchev–Trinajstić information content (AvgIpc) is 3.47. The van der Waals surface area contributed by atoms with Crippen LogP contribution in [-0.4, -0.2) is 35.7 Å². The molecule has 166 valence electrons. The molecule has 2 unspecified atom stereocenters. The third-order valence-electron chi connectivity index (χ3n) is 8.37. The van der Waals surface area contributed by atoms with Gasteiger partial charge in [-0.1, -0.05) is 49.4 Å². The Kier molecular flexibility index (Phi) is 4.28. The highest BCUT2D eigenvalue weighted by molar-refractivity contribution is 6.15. The van der Waals surface area contributed by atoms with Gasteiger partial charge in [0.1, 0.15) is 18.0 Å². The van der Waals surface area contributed by atoms with Gasteiger partial charge in [-0.05, 0) is 55.4 Å². The van der Waals surface area contributed by atoms with E-state index in [0.717, 1.165) is 18.4 Å². The van der Waals surface area contributed by atoms with E-state index in [1.807, 2.05) is 44.4 Å². The molecule has 0 radical (unpaired) electrons. The molecule has 6 rings (SSSR count). The van der Waals surface area contributed by atoms with Crippen molar-refractivity contribution in [2.45, 2.75) is 32.4 Å². The number of fused-ring (bicyclic) bond motifs is 7. The molecule has 0 aliphatic heterocycles. The number of nitrogens with zero attached hydrogens (tertiary/aromatic N) is 2. The first kappa shape index (κ1) is 19.9. The van der Waals surface area contributed by atoms with Gasteiger partial charge in [0.2, 0.25) is 0 Å². The normalized spacial score (nSPS) is 36.9. The zero-order valence-electron chi connectivity index (χ0n) is 18.7. The van der Waals surface area contributed by atoms with E-state index in [4.69, 9.17) is 9.26 Å². The van der Waals surface area contributed by atoms with E-state index in [-0.39, 0.29) is 41.9 Å². The van der Waals surface area contributed by atoms with Gasteiger partial charge in [-0.15, -0.1) is 0 Å². The van der Waals surface area contributed by atoms with Crippen molar-refractivity contribution in [3.63, 3.8) is 0 Å². The lowest BCUT2D eigenvalue weighted by atomic mass is 9.51. The summed E-state index contributed by atoms with van der Waals surface area (Å²) in [7, 11) is 3.97. The van der Waals surface area contributed by atoms with E-state index in [1.165, 1.54) is 0 Å². The van der Waals surface area contributed by atoms with Crippen molar-refractivity contribution in [3.8, 4) is 5.88 Å². The Bertz CT molecular complexity index is 1120. The molecule has 2 saturated carbocycles. The van der Waals surface area contributed by atoms with Crippen molar-refractivity contribution in [2.75, 3.05) is 14.1 Å². The van der Waals surface area contributed by atoms with Crippen molar-refractivity contribution in [3.05, 3.63) is 59.4 Å². The van der Waals surface area contributed by atoms with Gasteiger partial charge in [-0.3, -0.25) is 14.5 Å². The fraction of sp³-hybridized carbons (Fsp3) is 0.500. The smallest absolute Gasteiger partial charge is 0.265 e. The van der Waals surface area contributed by atoms with Gasteiger partial charge >= 0.3 is 0 Å². The SMILES string of the molecule is CN(C)C1c2onc(OCc3ccccc3)c2C(=O)C2C(=O)[C@H]3[C@@H](C[C@]21C)[C@H]1C=C[C@@H]3C1. The van der Waals surface area contributed by atoms with Gasteiger partial charge in [-0.25, -0.2) is 0 Å². The van der Waals surface area contributed by atoms with Crippen LogP contribution in [0.25, 0.3) is 0 Å². The Labute approximate surface area is 187 Å². The summed E-state index contributed by atoms with van der Waals surface area (Å²) in [6, 6.07) is 9.53. The Balaban J connectivity index is 1.41. The minimum Gasteiger partial charge on any atom is -0.470 e. The maximum Gasteiger partial charge on any atom is 0.265 e. The minimum absolute atomic E-state index is 0.0371. The highest BCUT2D eigenvalue weighted by atomic mass is 16.5. The van der Waals surface area contributed by atoms with Crippen molar-refractivity contribution in [1.82, 2.24) is 10.1 Å². The zero-order valence-corrected chi connectivity index (χ0v) is 18.7. The molecule has 1 heterocycles. The molecule has 4 aliphatic carbocycles. The lowest BCUT2D eigenvalue weighted by molar-refractivity contribution is -0.141. The largest absolute Gasteiger partial charge is 0.470 e. The maximum atomic E-state index is 13.9. The Morgan fingerprint density at radius 3 is 2.66 bits per heavy atom. The third kappa shape index (κ3) is 2.59. The van der Waals surface area contributed by atoms with Gasteiger partial charge in [0.25, 0.3) is 5.88 Å². The Morgan fingerprint density at radius 2 is 1.91 bits per heavy atom. The van der Waals surface area contributed by atoms with E-state index in [0.29, 0.717) is 23.2 Å². The average molecular weight is 433 g/mol. The summed E-state index contributed by atoms with van der Waals surface area (Å²) in [5.74, 6) is 0.985. The monoisotopic (exact) mass is 432 g/mol. The molecular weight excluding hydrogens is 404 g/mol. The maximum absolute atomic E-state index is 13.9. The number of carbonyl (C=O) groups excluding carboxylic acids is 2. The van der Waals surface area contributed by atoms with Crippen LogP contribution in [0.5, 0.6) is 5.88 Å². The summed E-state index contributed by atoms with van der Waals surface area (Å²) < 4.78 is 11.7. The van der Waals surface area contributed by atoms with Gasteiger partial charge in [-0.2, -0.15) is 0 Å². The Hall–Kier alpha value is -2.73. The van der Waals surface area contributed by atoms with Crippen LogP contribution >= 0.6 is 0 Å². The van der Waals surface area contributed by atoms with E-state index >= 15 is 0 Å². The minimum atomic E-state index is -0.685. The number of hydrogen-bond acceptors (Lipinski definition) is 6. The molecule has 2 bridgehead atoms. The number of Topliss-reactive ketones (excluding diaryl/α,β-unsaturated/α-hetero) is 2. The molecular formula is C26H28N2O4. The van der Waals surface area contributed by atoms with Crippen LogP contribution in [-0.2, 0) is 11.4 Å². The molecule has 32 heavy (non-hydrogen) atoms. The lowest BCUT2D eigenvalue weighted by Gasteiger charge is -2.53. The quantitative estimate of drug-likeness (QED) is 0.535. The van der Waals surface area contributed by atoms with Gasteiger partial charge in [0.15, 0.2) is 11.5 Å². The number of rotatable bonds is 4. The summed E-state index contributed by atoms with van der Waals surface area (Å²) >= 11 is 0. The molecule has 0 saturated heterocycles. The summed E-state index contributed by atoms with van der Waals surface area (Å²) in [5, 5.41) is 4.16. The van der Waals surface area contributed by atoms with E-state index in [9.17, 15) is 9.59 Å². The fourth-order valence-electron chi connectivity index (χ4n) is 7.26. The van der Waals surface area contributed by atoms with Crippen LogP contribution in [0.4, 0.5) is 0 Å². The van der Waals surface area contributed by atoms with Crippen LogP contribution in [0.15, 0.2) is 47.0 Å². The first-order valence-corrected chi connectivity index (χ1v) is 11.5. The van der Waals surface area contributed by atoms with Crippen molar-refractivity contribution in [2.24, 2.45) is 35.0 Å². The lowest BCUT2D eigenvalue weighted by Crippen LogP contribution is -2.57. The van der Waals surface area contributed by atoms with E-state index < -0.39 is 11.3 Å². The van der Waals surface area contributed by atoms with Gasteiger partial charge in [0, 0.05) is 11.3 Å². The third-order valence-corrected chi connectivity index (χ3v) is 8.37. The predicted molar refractivity (Wildman–Crippen MR) is 117 cm³/mol. The standard InChI is InChI=1S/C26H28N2O4/c1-26-12-17-15-9-10-16(11-15)18(17)21(29)20(26)22(30)19-23(24(26)28(2)3)32-27-25(19)31-13-14-7-5-4-6-8-14/h4-10,15-18,20,24H,11-13H2,1-3H3/t15-,16+,17-,18+,20?,24?,26+/m0/s1. The molecule has 4 aliphatic rings. The predicted octanol–water partition coefficient (Wildman–Crippen LogP) is 4.09.